The number of carbonyl (C=O) groups is 1. The van der Waals surface area contributed by atoms with Crippen molar-refractivity contribution in [3.8, 4) is 5.69 Å². The van der Waals surface area contributed by atoms with E-state index in [9.17, 15) is 9.18 Å². The van der Waals surface area contributed by atoms with Crippen LogP contribution in [-0.4, -0.2) is 40.2 Å². The summed E-state index contributed by atoms with van der Waals surface area (Å²) in [6.45, 7) is 4.09. The van der Waals surface area contributed by atoms with Gasteiger partial charge in [0, 0.05) is 19.6 Å². The van der Waals surface area contributed by atoms with Gasteiger partial charge in [-0.3, -0.25) is 4.79 Å². The summed E-state index contributed by atoms with van der Waals surface area (Å²) >= 11 is 0. The second kappa shape index (κ2) is 6.05. The van der Waals surface area contributed by atoms with E-state index in [1.807, 2.05) is 13.8 Å². The Balaban J connectivity index is 2.32. The zero-order valence-electron chi connectivity index (χ0n) is 12.4. The first kappa shape index (κ1) is 15.2. The highest BCUT2D eigenvalue weighted by molar-refractivity contribution is 5.95. The SMILES string of the molecule is Cc1c(C(=O)N(C)C(C)CN)cnn1-c1ccc(F)cc1. The summed E-state index contributed by atoms with van der Waals surface area (Å²) in [6.07, 6.45) is 1.53. The Hall–Kier alpha value is -2.21. The Morgan fingerprint density at radius 1 is 1.43 bits per heavy atom. The average Bonchev–Trinajstić information content (AvgIpc) is 2.87. The number of hydrogen-bond acceptors (Lipinski definition) is 3. The minimum Gasteiger partial charge on any atom is -0.338 e. The fraction of sp³-hybridized carbons (Fsp3) is 0.333. The van der Waals surface area contributed by atoms with E-state index in [0.29, 0.717) is 23.5 Å². The van der Waals surface area contributed by atoms with Crippen LogP contribution >= 0.6 is 0 Å². The van der Waals surface area contributed by atoms with Crippen molar-refractivity contribution in [1.82, 2.24) is 14.7 Å². The van der Waals surface area contributed by atoms with Gasteiger partial charge >= 0.3 is 0 Å². The lowest BCUT2D eigenvalue weighted by atomic mass is 10.2. The highest BCUT2D eigenvalue weighted by atomic mass is 19.1. The third-order valence-corrected chi connectivity index (χ3v) is 3.63. The van der Waals surface area contributed by atoms with Gasteiger partial charge in [-0.25, -0.2) is 9.07 Å². The molecule has 112 valence electrons. The number of carbonyl (C=O) groups excluding carboxylic acids is 1. The van der Waals surface area contributed by atoms with Crippen LogP contribution in [0.3, 0.4) is 0 Å². The van der Waals surface area contributed by atoms with Crippen molar-refractivity contribution in [3.05, 3.63) is 47.5 Å². The smallest absolute Gasteiger partial charge is 0.257 e. The van der Waals surface area contributed by atoms with Gasteiger partial charge in [0.15, 0.2) is 0 Å². The highest BCUT2D eigenvalue weighted by Gasteiger charge is 2.21. The van der Waals surface area contributed by atoms with Gasteiger partial charge in [-0.2, -0.15) is 5.10 Å². The van der Waals surface area contributed by atoms with Gasteiger partial charge in [-0.1, -0.05) is 0 Å². The number of aromatic nitrogens is 2. The lowest BCUT2D eigenvalue weighted by Gasteiger charge is -2.23. The lowest BCUT2D eigenvalue weighted by molar-refractivity contribution is 0.0747. The largest absolute Gasteiger partial charge is 0.338 e. The molecule has 1 amide bonds. The number of hydrogen-bond donors (Lipinski definition) is 1. The zero-order valence-corrected chi connectivity index (χ0v) is 12.4. The van der Waals surface area contributed by atoms with Crippen molar-refractivity contribution < 1.29 is 9.18 Å². The molecule has 0 saturated heterocycles. The molecule has 6 heteroatoms. The Labute approximate surface area is 123 Å². The average molecular weight is 290 g/mol. The van der Waals surface area contributed by atoms with Gasteiger partial charge < -0.3 is 10.6 Å². The topological polar surface area (TPSA) is 64.2 Å². The van der Waals surface area contributed by atoms with E-state index in [1.165, 1.54) is 18.3 Å². The van der Waals surface area contributed by atoms with Gasteiger partial charge in [0.25, 0.3) is 5.91 Å². The fourth-order valence-electron chi connectivity index (χ4n) is 2.01. The first-order valence-electron chi connectivity index (χ1n) is 6.73. The minimum absolute atomic E-state index is 0.0499. The van der Waals surface area contributed by atoms with Crippen molar-refractivity contribution in [3.63, 3.8) is 0 Å². The first-order chi connectivity index (χ1) is 9.95. The normalized spacial score (nSPS) is 12.2. The quantitative estimate of drug-likeness (QED) is 0.933. The Morgan fingerprint density at radius 2 is 2.05 bits per heavy atom. The molecule has 0 bridgehead atoms. The van der Waals surface area contributed by atoms with Crippen molar-refractivity contribution in [1.29, 1.82) is 0 Å². The third kappa shape index (κ3) is 2.95. The molecule has 0 fully saturated rings. The molecule has 5 nitrogen and oxygen atoms in total. The van der Waals surface area contributed by atoms with E-state index in [1.54, 1.807) is 28.8 Å². The van der Waals surface area contributed by atoms with Crippen LogP contribution in [0.25, 0.3) is 5.69 Å². The van der Waals surface area contributed by atoms with Crippen LogP contribution in [0.5, 0.6) is 0 Å². The maximum Gasteiger partial charge on any atom is 0.257 e. The van der Waals surface area contributed by atoms with Crippen molar-refractivity contribution in [2.45, 2.75) is 19.9 Å². The number of rotatable bonds is 4. The molecule has 0 saturated carbocycles. The van der Waals surface area contributed by atoms with Gasteiger partial charge in [0.05, 0.1) is 23.1 Å². The Kier molecular flexibility index (Phi) is 4.37. The van der Waals surface area contributed by atoms with Gasteiger partial charge in [0.1, 0.15) is 5.82 Å². The summed E-state index contributed by atoms with van der Waals surface area (Å²) in [5.41, 5.74) is 7.52. The molecule has 21 heavy (non-hydrogen) atoms. The molecule has 2 rings (SSSR count). The summed E-state index contributed by atoms with van der Waals surface area (Å²) in [4.78, 5) is 14.0. The van der Waals surface area contributed by atoms with Crippen LogP contribution in [0.1, 0.15) is 23.0 Å². The van der Waals surface area contributed by atoms with E-state index < -0.39 is 0 Å². The van der Waals surface area contributed by atoms with Crippen LogP contribution < -0.4 is 5.73 Å². The van der Waals surface area contributed by atoms with Crippen molar-refractivity contribution in [2.75, 3.05) is 13.6 Å². The number of halogens is 1. The Bertz CT molecular complexity index is 636. The molecule has 0 aliphatic heterocycles. The molecule has 1 aromatic carbocycles. The number of likely N-dealkylation sites (N-methyl/N-ethyl adjacent to an activating group) is 1. The molecule has 1 aromatic heterocycles. The molecule has 0 aliphatic carbocycles. The predicted octanol–water partition coefficient (Wildman–Crippen LogP) is 1.74. The van der Waals surface area contributed by atoms with E-state index >= 15 is 0 Å². The highest BCUT2D eigenvalue weighted by Crippen LogP contribution is 2.16. The van der Waals surface area contributed by atoms with Crippen LogP contribution in [0.2, 0.25) is 0 Å². The van der Waals surface area contributed by atoms with Gasteiger partial charge in [-0.15, -0.1) is 0 Å². The number of nitrogens with zero attached hydrogens (tertiary/aromatic N) is 3. The number of amides is 1. The molecule has 1 heterocycles. The van der Waals surface area contributed by atoms with Crippen LogP contribution in [-0.2, 0) is 0 Å². The van der Waals surface area contributed by atoms with Crippen molar-refractivity contribution >= 4 is 5.91 Å². The summed E-state index contributed by atoms with van der Waals surface area (Å²) in [6, 6.07) is 5.92. The molecular weight excluding hydrogens is 271 g/mol. The first-order valence-corrected chi connectivity index (χ1v) is 6.73. The van der Waals surface area contributed by atoms with Crippen LogP contribution in [0.4, 0.5) is 4.39 Å². The van der Waals surface area contributed by atoms with Gasteiger partial charge in [0.2, 0.25) is 0 Å². The summed E-state index contributed by atoms with van der Waals surface area (Å²) in [5.74, 6) is -0.435. The number of benzene rings is 1. The second-order valence-corrected chi connectivity index (χ2v) is 5.03. The summed E-state index contributed by atoms with van der Waals surface area (Å²) in [7, 11) is 1.72. The second-order valence-electron chi connectivity index (χ2n) is 5.03. The van der Waals surface area contributed by atoms with E-state index in [4.69, 9.17) is 5.73 Å². The Morgan fingerprint density at radius 3 is 2.62 bits per heavy atom. The molecule has 0 aliphatic rings. The minimum atomic E-state index is -0.309. The molecular formula is C15H19FN4O. The maximum atomic E-state index is 13.0. The molecule has 0 radical (unpaired) electrons. The molecule has 0 spiro atoms. The predicted molar refractivity (Wildman–Crippen MR) is 78.9 cm³/mol. The molecule has 1 unspecified atom stereocenters. The maximum absolute atomic E-state index is 13.0. The van der Waals surface area contributed by atoms with E-state index in [-0.39, 0.29) is 17.8 Å². The molecule has 1 atom stereocenters. The zero-order chi connectivity index (χ0) is 15.6. The number of nitrogens with two attached hydrogens (primary N) is 1. The van der Waals surface area contributed by atoms with Crippen LogP contribution in [0, 0.1) is 12.7 Å². The van der Waals surface area contributed by atoms with Crippen LogP contribution in [0.15, 0.2) is 30.5 Å². The monoisotopic (exact) mass is 290 g/mol. The van der Waals surface area contributed by atoms with Crippen molar-refractivity contribution in [2.24, 2.45) is 5.73 Å². The third-order valence-electron chi connectivity index (χ3n) is 3.63. The summed E-state index contributed by atoms with van der Waals surface area (Å²) in [5, 5.41) is 4.22. The van der Waals surface area contributed by atoms with E-state index in [2.05, 4.69) is 5.10 Å². The standard InChI is InChI=1S/C15H19FN4O/c1-10(8-17)19(3)15(21)14-9-18-20(11(14)2)13-6-4-12(16)5-7-13/h4-7,9-10H,8,17H2,1-3H3. The van der Waals surface area contributed by atoms with Gasteiger partial charge in [-0.05, 0) is 38.1 Å². The molecule has 2 N–H and O–H groups in total. The lowest BCUT2D eigenvalue weighted by Crippen LogP contribution is -2.39. The summed E-state index contributed by atoms with van der Waals surface area (Å²) < 4.78 is 14.6. The van der Waals surface area contributed by atoms with E-state index in [0.717, 1.165) is 0 Å². The molecule has 2 aromatic rings. The fourth-order valence-corrected chi connectivity index (χ4v) is 2.01.